The Morgan fingerprint density at radius 3 is 1.74 bits per heavy atom. The van der Waals surface area contributed by atoms with Crippen molar-refractivity contribution in [2.24, 2.45) is 10.3 Å². The van der Waals surface area contributed by atoms with Crippen molar-refractivity contribution in [1.82, 2.24) is 10.6 Å². The second-order valence-corrected chi connectivity index (χ2v) is 16.6. The third-order valence-electron chi connectivity index (χ3n) is 8.10. The van der Waals surface area contributed by atoms with E-state index >= 15 is 0 Å². The number of aliphatic hydroxyl groups excluding tert-OH is 2. The number of methoxy groups -OCH3 is 2. The number of oxime groups is 2. The van der Waals surface area contributed by atoms with Crippen LogP contribution in [0, 0.1) is 0 Å². The first-order valence-electron chi connectivity index (χ1n) is 14.9. The van der Waals surface area contributed by atoms with Gasteiger partial charge in [0, 0.05) is 25.9 Å². The minimum atomic E-state index is -1.23. The van der Waals surface area contributed by atoms with E-state index in [1.165, 1.54) is 14.2 Å². The summed E-state index contributed by atoms with van der Waals surface area (Å²) in [4.78, 5) is 36.8. The second-order valence-electron chi connectivity index (χ2n) is 11.4. The second kappa shape index (κ2) is 16.5. The van der Waals surface area contributed by atoms with Gasteiger partial charge in [0.1, 0.15) is 40.9 Å². The van der Waals surface area contributed by atoms with Gasteiger partial charge in [0.2, 0.25) is 0 Å². The minimum Gasteiger partial charge on any atom is -0.495 e. The lowest BCUT2D eigenvalue weighted by molar-refractivity contribution is -0.115. The Balaban J connectivity index is 1.04. The summed E-state index contributed by atoms with van der Waals surface area (Å²) in [5.74, 6) is 0.677. The Bertz CT molecular complexity index is 1740. The number of hydrogen-bond acceptors (Lipinski definition) is 11. The molecular weight excluding hydrogens is 1050 g/mol. The van der Waals surface area contributed by atoms with Crippen LogP contribution in [0.1, 0.15) is 24.8 Å². The number of ether oxygens (including phenoxy) is 3. The fraction of sp³-hybridized carbons (Fsp3) is 0.419. The van der Waals surface area contributed by atoms with E-state index in [0.29, 0.717) is 67.7 Å². The summed E-state index contributed by atoms with van der Waals surface area (Å²) in [5, 5.41) is 35.2. The van der Waals surface area contributed by atoms with Crippen molar-refractivity contribution < 1.29 is 43.7 Å². The van der Waals surface area contributed by atoms with Crippen LogP contribution in [0.15, 0.2) is 73.0 Å². The number of allylic oxidation sites excluding steroid dienone is 2. The average molecular weight is 1080 g/mol. The van der Waals surface area contributed by atoms with Crippen molar-refractivity contribution in [3.05, 3.63) is 68.2 Å². The number of nitrogens with one attached hydrogen (secondary N) is 2. The molecule has 13 nitrogen and oxygen atoms in total. The maximum atomic E-state index is 12.9. The first-order valence-corrected chi connectivity index (χ1v) is 19.7. The summed E-state index contributed by atoms with van der Waals surface area (Å²) in [5.41, 5.74) is -1.20. The standard InChI is InChI=1S/C31H30Br6N4O9/c1-46-24-17(34)10-30(26(42)21(24)36)12-19(40-49-30)28(44)38-5-3-7-48-23-15(32)8-14(9-16(23)33)4-6-39-29(45)20-13-31(50-41-20)11-18(35)25(47-2)22(37)27(31)43/h8-11,26-27,42-43H,3-7,12-13H2,1-2H3,(H,38,44)(H,39,45). The van der Waals surface area contributed by atoms with Crippen LogP contribution in [0.5, 0.6) is 5.75 Å². The van der Waals surface area contributed by atoms with Crippen LogP contribution in [0.3, 0.4) is 0 Å². The predicted octanol–water partition coefficient (Wildman–Crippen LogP) is 5.60. The van der Waals surface area contributed by atoms with Crippen molar-refractivity contribution in [2.45, 2.75) is 49.1 Å². The van der Waals surface area contributed by atoms with E-state index < -0.39 is 35.2 Å². The summed E-state index contributed by atoms with van der Waals surface area (Å²) < 4.78 is 19.9. The fourth-order valence-corrected chi connectivity index (χ4v) is 10.6. The van der Waals surface area contributed by atoms with Crippen LogP contribution in [0.2, 0.25) is 0 Å². The van der Waals surface area contributed by atoms with Gasteiger partial charge in [-0.15, -0.1) is 0 Å². The van der Waals surface area contributed by atoms with E-state index in [2.05, 4.69) is 117 Å². The Morgan fingerprint density at radius 1 is 0.820 bits per heavy atom. The first kappa shape index (κ1) is 39.5. The largest absolute Gasteiger partial charge is 0.495 e. The predicted molar refractivity (Wildman–Crippen MR) is 205 cm³/mol. The molecule has 2 heterocycles. The molecule has 270 valence electrons. The van der Waals surface area contributed by atoms with Crippen molar-refractivity contribution >= 4 is 119 Å². The van der Waals surface area contributed by atoms with Crippen LogP contribution in [0.25, 0.3) is 0 Å². The number of hydrogen-bond donors (Lipinski definition) is 4. The summed E-state index contributed by atoms with van der Waals surface area (Å²) in [7, 11) is 2.97. The smallest absolute Gasteiger partial charge is 0.269 e. The zero-order valence-electron chi connectivity index (χ0n) is 26.3. The Kier molecular flexibility index (Phi) is 13.0. The summed E-state index contributed by atoms with van der Waals surface area (Å²) in [6, 6.07) is 3.81. The highest BCUT2D eigenvalue weighted by Crippen LogP contribution is 2.45. The average Bonchev–Trinajstić information content (AvgIpc) is 3.70. The minimum absolute atomic E-state index is 0.0728. The van der Waals surface area contributed by atoms with Crippen LogP contribution in [-0.2, 0) is 35.2 Å². The number of rotatable bonds is 12. The van der Waals surface area contributed by atoms with Crippen LogP contribution < -0.4 is 15.4 Å². The molecule has 2 aliphatic carbocycles. The Hall–Kier alpha value is -1.74. The van der Waals surface area contributed by atoms with Gasteiger partial charge in [0.25, 0.3) is 11.8 Å². The lowest BCUT2D eigenvalue weighted by Gasteiger charge is -2.33. The Labute approximate surface area is 337 Å². The SMILES string of the molecule is COC1=C(Br)C(O)C2(C=C1Br)CC(C(=O)NCCCOc1c(Br)cc(CCNC(=O)C3=NOC4(C=C(Br)C(OC)=C(Br)C4O)C3)cc1Br)=NO2. The van der Waals surface area contributed by atoms with Crippen LogP contribution >= 0.6 is 95.6 Å². The lowest BCUT2D eigenvalue weighted by Crippen LogP contribution is -2.45. The summed E-state index contributed by atoms with van der Waals surface area (Å²) in [6.45, 7) is 0.968. The molecule has 4 unspecified atom stereocenters. The van der Waals surface area contributed by atoms with E-state index in [4.69, 9.17) is 23.9 Å². The van der Waals surface area contributed by atoms with Crippen molar-refractivity contribution in [3.63, 3.8) is 0 Å². The molecule has 0 aromatic heterocycles. The zero-order chi connectivity index (χ0) is 36.4. The van der Waals surface area contributed by atoms with Gasteiger partial charge in [-0.05, 0) is 138 Å². The maximum absolute atomic E-state index is 12.9. The number of carbonyl (C=O) groups is 2. The molecule has 0 fully saturated rings. The monoisotopic (exact) mass is 1080 g/mol. The van der Waals surface area contributed by atoms with E-state index in [9.17, 15) is 19.8 Å². The summed E-state index contributed by atoms with van der Waals surface area (Å²) >= 11 is 20.6. The van der Waals surface area contributed by atoms with Crippen molar-refractivity contribution in [3.8, 4) is 5.75 Å². The van der Waals surface area contributed by atoms with E-state index in [-0.39, 0.29) is 24.3 Å². The molecular formula is C31H30Br6N4O9. The third-order valence-corrected chi connectivity index (χ3v) is 12.0. The molecule has 0 saturated carbocycles. The highest BCUT2D eigenvalue weighted by molar-refractivity contribution is 9.12. The molecule has 4 aliphatic rings. The molecule has 2 aliphatic heterocycles. The van der Waals surface area contributed by atoms with Gasteiger partial charge in [0.05, 0.1) is 47.7 Å². The molecule has 2 spiro atoms. The molecule has 0 saturated heterocycles. The van der Waals surface area contributed by atoms with E-state index in [1.807, 2.05) is 12.1 Å². The Morgan fingerprint density at radius 2 is 1.28 bits per heavy atom. The van der Waals surface area contributed by atoms with Crippen LogP contribution in [0.4, 0.5) is 0 Å². The molecule has 4 atom stereocenters. The molecule has 1 aromatic rings. The fourth-order valence-electron chi connectivity index (χ4n) is 5.50. The number of nitrogens with zero attached hydrogens (tertiary/aromatic N) is 2. The molecule has 5 rings (SSSR count). The number of amides is 2. The molecule has 4 N–H and O–H groups in total. The normalized spacial score (nSPS) is 25.8. The molecule has 2 amide bonds. The van der Waals surface area contributed by atoms with Gasteiger partial charge < -0.3 is 44.7 Å². The van der Waals surface area contributed by atoms with E-state index in [1.54, 1.807) is 12.2 Å². The zero-order valence-corrected chi connectivity index (χ0v) is 35.8. The van der Waals surface area contributed by atoms with Gasteiger partial charge in [-0.2, -0.15) is 0 Å². The molecule has 1 aromatic carbocycles. The van der Waals surface area contributed by atoms with Gasteiger partial charge in [-0.25, -0.2) is 0 Å². The number of aliphatic hydroxyl groups is 2. The molecule has 50 heavy (non-hydrogen) atoms. The van der Waals surface area contributed by atoms with Gasteiger partial charge in [-0.1, -0.05) is 10.3 Å². The van der Waals surface area contributed by atoms with E-state index in [0.717, 1.165) is 14.5 Å². The van der Waals surface area contributed by atoms with Gasteiger partial charge >= 0.3 is 0 Å². The molecule has 19 heteroatoms. The molecule has 0 bridgehead atoms. The topological polar surface area (TPSA) is 170 Å². The number of carbonyl (C=O) groups excluding carboxylic acids is 2. The third kappa shape index (κ3) is 8.09. The summed E-state index contributed by atoms with van der Waals surface area (Å²) in [6.07, 6.45) is 2.25. The van der Waals surface area contributed by atoms with Crippen LogP contribution in [-0.4, -0.2) is 90.8 Å². The van der Waals surface area contributed by atoms with Gasteiger partial charge in [-0.3, -0.25) is 9.59 Å². The quantitative estimate of drug-likeness (QED) is 0.195. The van der Waals surface area contributed by atoms with Gasteiger partial charge in [0.15, 0.2) is 11.2 Å². The maximum Gasteiger partial charge on any atom is 0.269 e. The number of halogens is 6. The first-order chi connectivity index (χ1) is 23.8. The van der Waals surface area contributed by atoms with Crippen molar-refractivity contribution in [2.75, 3.05) is 33.9 Å². The lowest BCUT2D eigenvalue weighted by atomic mass is 9.87. The highest BCUT2D eigenvalue weighted by Gasteiger charge is 2.51. The molecule has 0 radical (unpaired) electrons. The number of benzene rings is 1. The highest BCUT2D eigenvalue weighted by atomic mass is 79.9. The van der Waals surface area contributed by atoms with Crippen molar-refractivity contribution in [1.29, 1.82) is 0 Å².